The van der Waals surface area contributed by atoms with Gasteiger partial charge in [0.25, 0.3) is 0 Å². The first-order valence-electron chi connectivity index (χ1n) is 6.00. The van der Waals surface area contributed by atoms with Crippen LogP contribution in [0.4, 0.5) is 0 Å². The topological polar surface area (TPSA) is 83.9 Å². The lowest BCUT2D eigenvalue weighted by Crippen LogP contribution is -2.41. The molecular weight excluding hydrogens is 341 g/mol. The third-order valence-corrected chi connectivity index (χ3v) is 5.81. The maximum absolute atomic E-state index is 12.6. The standard InChI is InChI=1S/C12H13Cl2NO5S/c1-20-12(17)11-4-7(16)6-15(11)21(18,19)8-2-3-9(13)10(14)5-8/h2-3,5,7,11,16H,4,6H2,1H3/t7-,11-/m1/s1. The van der Waals surface area contributed by atoms with Gasteiger partial charge in [0.2, 0.25) is 10.0 Å². The third-order valence-electron chi connectivity index (χ3n) is 3.20. The van der Waals surface area contributed by atoms with E-state index in [4.69, 9.17) is 23.2 Å². The molecule has 1 fully saturated rings. The van der Waals surface area contributed by atoms with Crippen LogP contribution in [0, 0.1) is 0 Å². The van der Waals surface area contributed by atoms with E-state index >= 15 is 0 Å². The molecule has 1 heterocycles. The van der Waals surface area contributed by atoms with Crippen LogP contribution in [0.5, 0.6) is 0 Å². The molecule has 0 aromatic heterocycles. The van der Waals surface area contributed by atoms with E-state index in [0.29, 0.717) is 0 Å². The van der Waals surface area contributed by atoms with E-state index < -0.39 is 28.1 Å². The number of aliphatic hydroxyl groups is 1. The van der Waals surface area contributed by atoms with Gasteiger partial charge in [-0.05, 0) is 18.2 Å². The summed E-state index contributed by atoms with van der Waals surface area (Å²) in [7, 11) is -2.82. The van der Waals surface area contributed by atoms with Crippen molar-refractivity contribution in [2.24, 2.45) is 0 Å². The highest BCUT2D eigenvalue weighted by atomic mass is 35.5. The molecule has 2 rings (SSSR count). The fourth-order valence-electron chi connectivity index (χ4n) is 2.17. The number of aliphatic hydroxyl groups excluding tert-OH is 1. The Kier molecular flexibility index (Phi) is 4.79. The van der Waals surface area contributed by atoms with E-state index in [2.05, 4.69) is 4.74 Å². The summed E-state index contributed by atoms with van der Waals surface area (Å²) < 4.78 is 30.7. The van der Waals surface area contributed by atoms with E-state index in [-0.39, 0.29) is 27.9 Å². The Morgan fingerprint density at radius 2 is 2.05 bits per heavy atom. The number of carbonyl (C=O) groups excluding carboxylic acids is 1. The van der Waals surface area contributed by atoms with Crippen molar-refractivity contribution in [3.8, 4) is 0 Å². The van der Waals surface area contributed by atoms with Crippen molar-refractivity contribution in [3.05, 3.63) is 28.2 Å². The van der Waals surface area contributed by atoms with Crippen LogP contribution in [-0.2, 0) is 19.6 Å². The molecule has 1 aromatic carbocycles. The second-order valence-electron chi connectivity index (χ2n) is 4.58. The van der Waals surface area contributed by atoms with E-state index in [0.717, 1.165) is 11.4 Å². The zero-order chi connectivity index (χ0) is 15.8. The minimum Gasteiger partial charge on any atom is -0.468 e. The molecule has 1 N–H and O–H groups in total. The summed E-state index contributed by atoms with van der Waals surface area (Å²) in [5, 5.41) is 9.98. The summed E-state index contributed by atoms with van der Waals surface area (Å²) >= 11 is 11.6. The quantitative estimate of drug-likeness (QED) is 0.827. The van der Waals surface area contributed by atoms with Gasteiger partial charge in [-0.15, -0.1) is 0 Å². The number of sulfonamides is 1. The number of methoxy groups -OCH3 is 1. The van der Waals surface area contributed by atoms with Crippen molar-refractivity contribution in [1.82, 2.24) is 4.31 Å². The number of esters is 1. The van der Waals surface area contributed by atoms with Gasteiger partial charge in [0.05, 0.1) is 28.2 Å². The predicted octanol–water partition coefficient (Wildman–Crippen LogP) is 1.29. The predicted molar refractivity (Wildman–Crippen MR) is 76.8 cm³/mol. The molecule has 0 bridgehead atoms. The lowest BCUT2D eigenvalue weighted by Gasteiger charge is -2.22. The summed E-state index contributed by atoms with van der Waals surface area (Å²) in [6.45, 7) is -0.178. The van der Waals surface area contributed by atoms with Gasteiger partial charge in [-0.3, -0.25) is 4.79 Å². The highest BCUT2D eigenvalue weighted by Crippen LogP contribution is 2.30. The smallest absolute Gasteiger partial charge is 0.324 e. The first-order chi connectivity index (χ1) is 9.77. The molecule has 0 aliphatic carbocycles. The lowest BCUT2D eigenvalue weighted by molar-refractivity contribution is -0.144. The molecule has 116 valence electrons. The molecule has 0 spiro atoms. The summed E-state index contributed by atoms with van der Waals surface area (Å²) in [6, 6.07) is 2.81. The number of rotatable bonds is 3. The van der Waals surface area contributed by atoms with Crippen molar-refractivity contribution in [1.29, 1.82) is 0 Å². The molecule has 2 atom stereocenters. The highest BCUT2D eigenvalue weighted by Gasteiger charge is 2.44. The molecule has 1 aromatic rings. The van der Waals surface area contributed by atoms with Crippen LogP contribution in [0.1, 0.15) is 6.42 Å². The number of nitrogens with zero attached hydrogens (tertiary/aromatic N) is 1. The minimum atomic E-state index is -3.99. The van der Waals surface area contributed by atoms with Gasteiger partial charge in [0.1, 0.15) is 6.04 Å². The number of ether oxygens (including phenoxy) is 1. The van der Waals surface area contributed by atoms with Crippen LogP contribution in [0.3, 0.4) is 0 Å². The number of benzene rings is 1. The van der Waals surface area contributed by atoms with Gasteiger partial charge in [0, 0.05) is 13.0 Å². The van der Waals surface area contributed by atoms with E-state index in [1.165, 1.54) is 18.2 Å². The normalized spacial score (nSPS) is 23.2. The molecule has 1 aliphatic rings. The molecule has 0 unspecified atom stereocenters. The zero-order valence-electron chi connectivity index (χ0n) is 11.0. The molecule has 1 saturated heterocycles. The fourth-order valence-corrected chi connectivity index (χ4v) is 4.19. The van der Waals surface area contributed by atoms with Crippen LogP contribution in [0.25, 0.3) is 0 Å². The molecule has 21 heavy (non-hydrogen) atoms. The Labute approximate surface area is 132 Å². The first kappa shape index (κ1) is 16.5. The number of hydrogen-bond donors (Lipinski definition) is 1. The SMILES string of the molecule is COC(=O)[C@H]1C[C@@H](O)CN1S(=O)(=O)c1ccc(Cl)c(Cl)c1. The maximum atomic E-state index is 12.6. The largest absolute Gasteiger partial charge is 0.468 e. The van der Waals surface area contributed by atoms with Crippen molar-refractivity contribution >= 4 is 39.2 Å². The van der Waals surface area contributed by atoms with Crippen LogP contribution in [-0.4, -0.2) is 49.6 Å². The van der Waals surface area contributed by atoms with E-state index in [9.17, 15) is 18.3 Å². The van der Waals surface area contributed by atoms with Gasteiger partial charge in [-0.25, -0.2) is 8.42 Å². The van der Waals surface area contributed by atoms with Gasteiger partial charge >= 0.3 is 5.97 Å². The maximum Gasteiger partial charge on any atom is 0.324 e. The highest BCUT2D eigenvalue weighted by molar-refractivity contribution is 7.89. The van der Waals surface area contributed by atoms with Gasteiger partial charge in [-0.1, -0.05) is 23.2 Å². The van der Waals surface area contributed by atoms with Gasteiger partial charge < -0.3 is 9.84 Å². The first-order valence-corrected chi connectivity index (χ1v) is 8.19. The molecule has 6 nitrogen and oxygen atoms in total. The van der Waals surface area contributed by atoms with Crippen molar-refractivity contribution in [3.63, 3.8) is 0 Å². The van der Waals surface area contributed by atoms with Crippen LogP contribution < -0.4 is 0 Å². The monoisotopic (exact) mass is 353 g/mol. The molecule has 0 amide bonds. The van der Waals surface area contributed by atoms with E-state index in [1.54, 1.807) is 0 Å². The number of carbonyl (C=O) groups is 1. The number of halogens is 2. The second-order valence-corrected chi connectivity index (χ2v) is 7.28. The second kappa shape index (κ2) is 6.10. The molecular formula is C12H13Cl2NO5S. The Bertz CT molecular complexity index is 664. The number of β-amino-alcohol motifs (C(OH)–C–C–N with tert-alkyl or cyclic N) is 1. The lowest BCUT2D eigenvalue weighted by atomic mass is 10.2. The third kappa shape index (κ3) is 3.17. The fraction of sp³-hybridized carbons (Fsp3) is 0.417. The Morgan fingerprint density at radius 3 is 2.62 bits per heavy atom. The van der Waals surface area contributed by atoms with Crippen molar-refractivity contribution in [2.75, 3.05) is 13.7 Å². The van der Waals surface area contributed by atoms with Gasteiger partial charge in [0.15, 0.2) is 0 Å². The van der Waals surface area contributed by atoms with Crippen LogP contribution >= 0.6 is 23.2 Å². The number of hydrogen-bond acceptors (Lipinski definition) is 5. The summed E-state index contributed by atoms with van der Waals surface area (Å²) in [5.41, 5.74) is 0. The van der Waals surface area contributed by atoms with Crippen molar-refractivity contribution in [2.45, 2.75) is 23.5 Å². The minimum absolute atomic E-state index is 0.00672. The van der Waals surface area contributed by atoms with Gasteiger partial charge in [-0.2, -0.15) is 4.31 Å². The van der Waals surface area contributed by atoms with Crippen LogP contribution in [0.15, 0.2) is 23.1 Å². The average molecular weight is 354 g/mol. The van der Waals surface area contributed by atoms with Crippen molar-refractivity contribution < 1.29 is 23.1 Å². The molecule has 9 heteroatoms. The summed E-state index contributed by atoms with van der Waals surface area (Å²) in [5.74, 6) is -0.713. The molecule has 0 saturated carbocycles. The van der Waals surface area contributed by atoms with Crippen LogP contribution in [0.2, 0.25) is 10.0 Å². The molecule has 1 aliphatic heterocycles. The Morgan fingerprint density at radius 1 is 1.38 bits per heavy atom. The summed E-state index contributed by atoms with van der Waals surface area (Å²) in [6.07, 6.45) is -0.931. The van der Waals surface area contributed by atoms with E-state index in [1.807, 2.05) is 0 Å². The summed E-state index contributed by atoms with van der Waals surface area (Å²) in [4.78, 5) is 11.6. The Balaban J connectivity index is 2.41. The average Bonchev–Trinajstić information content (AvgIpc) is 2.83. The molecule has 0 radical (unpaired) electrons. The zero-order valence-corrected chi connectivity index (χ0v) is 13.3. The Hall–Kier alpha value is -0.860.